The van der Waals surface area contributed by atoms with Crippen molar-refractivity contribution in [2.75, 3.05) is 6.61 Å². The first-order valence-electron chi connectivity index (χ1n) is 12.3. The van der Waals surface area contributed by atoms with Crippen LogP contribution in [0.5, 0.6) is 0 Å². The summed E-state index contributed by atoms with van der Waals surface area (Å²) in [4.78, 5) is 61.2. The third-order valence-corrected chi connectivity index (χ3v) is 5.02. The average Bonchev–Trinajstić information content (AvgIpc) is 2.77. The van der Waals surface area contributed by atoms with Gasteiger partial charge in [-0.3, -0.25) is 24.0 Å². The molecule has 0 aromatic rings. The highest BCUT2D eigenvalue weighted by atomic mass is 16.7. The summed E-state index contributed by atoms with van der Waals surface area (Å²) in [5.74, 6) is -2.75. The van der Waals surface area contributed by atoms with Crippen LogP contribution in [-0.4, -0.2) is 67.0 Å². The molecule has 0 aliphatic carbocycles. The maximum atomic E-state index is 12.5. The number of hydrogen-bond acceptors (Lipinski definition) is 10. The largest absolute Gasteiger partial charge is 0.463 e. The Labute approximate surface area is 206 Å². The van der Waals surface area contributed by atoms with Crippen molar-refractivity contribution in [3.05, 3.63) is 0 Å². The van der Waals surface area contributed by atoms with Gasteiger partial charge in [-0.1, -0.05) is 27.7 Å². The molecule has 1 rings (SSSR count). The highest BCUT2D eigenvalue weighted by Crippen LogP contribution is 2.29. The van der Waals surface area contributed by atoms with Crippen molar-refractivity contribution in [2.45, 2.75) is 117 Å². The topological polar surface area (TPSA) is 144 Å². The van der Waals surface area contributed by atoms with E-state index in [2.05, 4.69) is 5.32 Å². The number of ether oxygens (including phenoxy) is 5. The SMILES string of the molecule is CCCC(=O)OC[C@H]1O[C@H](OC(=O)CCC)[C@@H](NC(C)=O)[C@@H](OC(=O)CCC)[C@@H]1OC(=O)CCC. The second kappa shape index (κ2) is 16.1. The Bertz CT molecular complexity index is 725. The first kappa shape index (κ1) is 30.3. The van der Waals surface area contributed by atoms with Crippen molar-refractivity contribution in [1.29, 1.82) is 0 Å². The van der Waals surface area contributed by atoms with Gasteiger partial charge in [0.1, 0.15) is 18.8 Å². The van der Waals surface area contributed by atoms with Gasteiger partial charge < -0.3 is 29.0 Å². The molecule has 0 radical (unpaired) electrons. The van der Waals surface area contributed by atoms with E-state index in [1.165, 1.54) is 6.92 Å². The van der Waals surface area contributed by atoms with Gasteiger partial charge in [0.25, 0.3) is 0 Å². The Morgan fingerprint density at radius 1 is 0.686 bits per heavy atom. The molecule has 11 heteroatoms. The van der Waals surface area contributed by atoms with Crippen LogP contribution in [0.25, 0.3) is 0 Å². The molecule has 1 N–H and O–H groups in total. The summed E-state index contributed by atoms with van der Waals surface area (Å²) in [5, 5.41) is 2.60. The van der Waals surface area contributed by atoms with Crippen LogP contribution in [0.4, 0.5) is 0 Å². The Kier molecular flexibility index (Phi) is 13.9. The average molecular weight is 502 g/mol. The van der Waals surface area contributed by atoms with E-state index in [1.54, 1.807) is 20.8 Å². The van der Waals surface area contributed by atoms with Gasteiger partial charge in [-0.05, 0) is 25.7 Å². The van der Waals surface area contributed by atoms with Crippen molar-refractivity contribution in [2.24, 2.45) is 0 Å². The van der Waals surface area contributed by atoms with Crippen LogP contribution in [0.2, 0.25) is 0 Å². The molecule has 1 aliphatic heterocycles. The number of esters is 4. The van der Waals surface area contributed by atoms with Gasteiger partial charge in [-0.15, -0.1) is 0 Å². The smallest absolute Gasteiger partial charge is 0.308 e. The molecule has 0 spiro atoms. The third kappa shape index (κ3) is 10.6. The highest BCUT2D eigenvalue weighted by molar-refractivity contribution is 5.74. The third-order valence-electron chi connectivity index (χ3n) is 5.02. The fourth-order valence-electron chi connectivity index (χ4n) is 3.48. The van der Waals surface area contributed by atoms with Gasteiger partial charge in [-0.2, -0.15) is 0 Å². The van der Waals surface area contributed by atoms with Crippen molar-refractivity contribution in [3.8, 4) is 0 Å². The van der Waals surface area contributed by atoms with E-state index in [0.717, 1.165) is 0 Å². The highest BCUT2D eigenvalue weighted by Gasteiger charge is 2.52. The Balaban J connectivity index is 3.39. The number of carbonyl (C=O) groups excluding carboxylic acids is 5. The molecule has 0 saturated carbocycles. The normalized spacial score (nSPS) is 23.6. The predicted octanol–water partition coefficient (Wildman–Crippen LogP) is 2.33. The fourth-order valence-corrected chi connectivity index (χ4v) is 3.48. The second-order valence-corrected chi connectivity index (χ2v) is 8.35. The minimum atomic E-state index is -1.37. The van der Waals surface area contributed by atoms with E-state index in [4.69, 9.17) is 23.7 Å². The molecule has 1 fully saturated rings. The van der Waals surface area contributed by atoms with Gasteiger partial charge in [-0.25, -0.2) is 0 Å². The molecule has 0 unspecified atom stereocenters. The van der Waals surface area contributed by atoms with Gasteiger partial charge in [0.15, 0.2) is 12.2 Å². The zero-order valence-electron chi connectivity index (χ0n) is 21.3. The number of carbonyl (C=O) groups is 5. The van der Waals surface area contributed by atoms with Crippen molar-refractivity contribution in [1.82, 2.24) is 5.32 Å². The Morgan fingerprint density at radius 3 is 1.63 bits per heavy atom. The van der Waals surface area contributed by atoms with E-state index in [9.17, 15) is 24.0 Å². The summed E-state index contributed by atoms with van der Waals surface area (Å²) in [6, 6.07) is -1.16. The maximum absolute atomic E-state index is 12.5. The van der Waals surface area contributed by atoms with Gasteiger partial charge in [0, 0.05) is 32.6 Å². The second-order valence-electron chi connectivity index (χ2n) is 8.35. The molecule has 0 aromatic heterocycles. The molecular formula is C24H39NO10. The molecule has 1 saturated heterocycles. The summed E-state index contributed by atoms with van der Waals surface area (Å²) < 4.78 is 27.9. The Morgan fingerprint density at radius 2 is 1.14 bits per heavy atom. The number of rotatable bonds is 14. The summed E-state index contributed by atoms with van der Waals surface area (Å²) in [6.07, 6.45) is -2.42. The molecule has 0 bridgehead atoms. The van der Waals surface area contributed by atoms with E-state index >= 15 is 0 Å². The number of hydrogen-bond donors (Lipinski definition) is 1. The van der Waals surface area contributed by atoms with Gasteiger partial charge in [0.05, 0.1) is 0 Å². The number of nitrogens with one attached hydrogen (secondary N) is 1. The molecule has 1 amide bonds. The fraction of sp³-hybridized carbons (Fsp3) is 0.792. The van der Waals surface area contributed by atoms with Crippen LogP contribution >= 0.6 is 0 Å². The van der Waals surface area contributed by atoms with Crippen LogP contribution in [0.15, 0.2) is 0 Å². The summed E-state index contributed by atoms with van der Waals surface area (Å²) in [6.45, 7) is 8.11. The molecule has 1 heterocycles. The summed E-state index contributed by atoms with van der Waals surface area (Å²) >= 11 is 0. The van der Waals surface area contributed by atoms with E-state index < -0.39 is 60.4 Å². The first-order chi connectivity index (χ1) is 16.7. The van der Waals surface area contributed by atoms with Crippen LogP contribution in [0.3, 0.4) is 0 Å². The summed E-state index contributed by atoms with van der Waals surface area (Å²) in [7, 11) is 0. The van der Waals surface area contributed by atoms with Gasteiger partial charge in [0.2, 0.25) is 12.2 Å². The molecule has 35 heavy (non-hydrogen) atoms. The van der Waals surface area contributed by atoms with E-state index in [-0.39, 0.29) is 32.3 Å². The monoisotopic (exact) mass is 501 g/mol. The van der Waals surface area contributed by atoms with Crippen molar-refractivity contribution >= 4 is 29.8 Å². The lowest BCUT2D eigenvalue weighted by Crippen LogP contribution is -2.67. The van der Waals surface area contributed by atoms with E-state index in [1.807, 2.05) is 6.92 Å². The van der Waals surface area contributed by atoms with Crippen LogP contribution in [0.1, 0.15) is 86.0 Å². The lowest BCUT2D eigenvalue weighted by molar-refractivity contribution is -0.272. The van der Waals surface area contributed by atoms with Crippen LogP contribution in [0, 0.1) is 0 Å². The molecule has 11 nitrogen and oxygen atoms in total. The maximum Gasteiger partial charge on any atom is 0.308 e. The molecule has 5 atom stereocenters. The van der Waals surface area contributed by atoms with Gasteiger partial charge >= 0.3 is 23.9 Å². The van der Waals surface area contributed by atoms with Crippen LogP contribution in [-0.2, 0) is 47.7 Å². The molecule has 200 valence electrons. The zero-order valence-corrected chi connectivity index (χ0v) is 21.3. The minimum Gasteiger partial charge on any atom is -0.463 e. The minimum absolute atomic E-state index is 0.0796. The Hall–Kier alpha value is -2.69. The predicted molar refractivity (Wildman–Crippen MR) is 123 cm³/mol. The standard InChI is InChI=1S/C24H39NO10/c1-6-10-17(27)31-14-16-22(33-18(28)11-7-2)23(34-19(29)12-8-3)21(25-15(5)26)24(32-16)35-20(30)13-9-4/h16,21-24H,6-14H2,1-5H3,(H,25,26)/t16-,21+,22-,23-,24-/m1/s1. The lowest BCUT2D eigenvalue weighted by atomic mass is 9.95. The van der Waals surface area contributed by atoms with E-state index in [0.29, 0.717) is 25.7 Å². The number of amides is 1. The molecular weight excluding hydrogens is 462 g/mol. The first-order valence-corrected chi connectivity index (χ1v) is 12.3. The lowest BCUT2D eigenvalue weighted by Gasteiger charge is -2.44. The zero-order chi connectivity index (χ0) is 26.4. The molecule has 1 aliphatic rings. The van der Waals surface area contributed by atoms with Crippen molar-refractivity contribution in [3.63, 3.8) is 0 Å². The molecule has 0 aromatic carbocycles. The quantitative estimate of drug-likeness (QED) is 0.278. The van der Waals surface area contributed by atoms with Crippen LogP contribution < -0.4 is 5.32 Å². The summed E-state index contributed by atoms with van der Waals surface area (Å²) in [5.41, 5.74) is 0. The van der Waals surface area contributed by atoms with Crippen molar-refractivity contribution < 1.29 is 47.7 Å².